The van der Waals surface area contributed by atoms with Crippen LogP contribution in [0, 0.1) is 11.6 Å². The first-order valence-corrected chi connectivity index (χ1v) is 7.52. The number of nitrogens with two attached hydrogens (primary N) is 1. The third-order valence-electron chi connectivity index (χ3n) is 2.42. The lowest BCUT2D eigenvalue weighted by molar-refractivity contribution is 0.578. The van der Waals surface area contributed by atoms with Crippen molar-refractivity contribution in [2.45, 2.75) is 11.6 Å². The van der Waals surface area contributed by atoms with Crippen molar-refractivity contribution in [3.63, 3.8) is 0 Å². The first kappa shape index (κ1) is 14.9. The molecule has 0 bridgehead atoms. The molecule has 0 saturated carbocycles. The molecular formula is C10H9BrF2N4O2S. The van der Waals surface area contributed by atoms with Crippen molar-refractivity contribution in [3.8, 4) is 0 Å². The second kappa shape index (κ2) is 5.46. The lowest BCUT2D eigenvalue weighted by Crippen LogP contribution is -2.17. The van der Waals surface area contributed by atoms with Gasteiger partial charge in [-0.25, -0.2) is 8.78 Å². The number of anilines is 1. The van der Waals surface area contributed by atoms with E-state index in [1.807, 2.05) is 4.72 Å². The maximum Gasteiger partial charge on any atom is 0.279 e. The van der Waals surface area contributed by atoms with E-state index in [0.717, 1.165) is 6.07 Å². The van der Waals surface area contributed by atoms with Crippen LogP contribution in [-0.4, -0.2) is 18.6 Å². The van der Waals surface area contributed by atoms with Gasteiger partial charge >= 0.3 is 0 Å². The molecule has 0 spiro atoms. The van der Waals surface area contributed by atoms with Crippen molar-refractivity contribution in [1.29, 1.82) is 0 Å². The van der Waals surface area contributed by atoms with Crippen LogP contribution in [0.3, 0.4) is 0 Å². The van der Waals surface area contributed by atoms with Crippen molar-refractivity contribution < 1.29 is 17.2 Å². The lowest BCUT2D eigenvalue weighted by Gasteiger charge is -2.09. The van der Waals surface area contributed by atoms with E-state index in [-0.39, 0.29) is 21.6 Å². The highest BCUT2D eigenvalue weighted by molar-refractivity contribution is 9.10. The summed E-state index contributed by atoms with van der Waals surface area (Å²) in [5.41, 5.74) is 5.23. The number of benzene rings is 1. The lowest BCUT2D eigenvalue weighted by atomic mass is 10.3. The standard InChI is InChI=1S/C10H9BrF2N4O2S/c11-6-1-9(8(13)2-7(6)12)17-20(18,19)10-5(3-14)4-15-16-10/h1-2,4,17H,3,14H2,(H,15,16). The summed E-state index contributed by atoms with van der Waals surface area (Å²) in [6.07, 6.45) is 1.26. The molecule has 0 radical (unpaired) electrons. The van der Waals surface area contributed by atoms with E-state index < -0.39 is 27.3 Å². The highest BCUT2D eigenvalue weighted by atomic mass is 79.9. The summed E-state index contributed by atoms with van der Waals surface area (Å²) < 4.78 is 52.7. The predicted molar refractivity (Wildman–Crippen MR) is 71.3 cm³/mol. The highest BCUT2D eigenvalue weighted by Gasteiger charge is 2.22. The normalized spacial score (nSPS) is 11.6. The van der Waals surface area contributed by atoms with Crippen LogP contribution in [0.15, 0.2) is 27.8 Å². The van der Waals surface area contributed by atoms with E-state index in [0.29, 0.717) is 6.07 Å². The van der Waals surface area contributed by atoms with E-state index in [9.17, 15) is 17.2 Å². The summed E-state index contributed by atoms with van der Waals surface area (Å²) in [6, 6.07) is 1.56. The predicted octanol–water partition coefficient (Wildman–Crippen LogP) is 1.71. The largest absolute Gasteiger partial charge is 0.326 e. The minimum atomic E-state index is -4.10. The maximum absolute atomic E-state index is 13.5. The van der Waals surface area contributed by atoms with Crippen molar-refractivity contribution in [2.75, 3.05) is 4.72 Å². The summed E-state index contributed by atoms with van der Waals surface area (Å²) in [4.78, 5) is 0. The fourth-order valence-corrected chi connectivity index (χ4v) is 3.02. The molecule has 0 atom stereocenters. The molecule has 0 unspecified atom stereocenters. The zero-order chi connectivity index (χ0) is 14.9. The molecule has 0 aliphatic rings. The minimum Gasteiger partial charge on any atom is -0.326 e. The van der Waals surface area contributed by atoms with Gasteiger partial charge in [0, 0.05) is 18.2 Å². The van der Waals surface area contributed by atoms with Crippen LogP contribution >= 0.6 is 15.9 Å². The SMILES string of the molecule is NCc1cn[nH]c1S(=O)(=O)Nc1cc(Br)c(F)cc1F. The number of hydrogen-bond acceptors (Lipinski definition) is 4. The summed E-state index contributed by atoms with van der Waals surface area (Å²) in [5.74, 6) is -1.88. The molecule has 2 rings (SSSR count). The van der Waals surface area contributed by atoms with E-state index in [1.54, 1.807) is 0 Å². The number of aromatic amines is 1. The van der Waals surface area contributed by atoms with E-state index in [4.69, 9.17) is 5.73 Å². The summed E-state index contributed by atoms with van der Waals surface area (Å²) in [7, 11) is -4.10. The Morgan fingerprint density at radius 1 is 1.35 bits per heavy atom. The van der Waals surface area contributed by atoms with Crippen molar-refractivity contribution >= 4 is 31.6 Å². The number of H-pyrrole nitrogens is 1. The first-order chi connectivity index (χ1) is 9.35. The zero-order valence-electron chi connectivity index (χ0n) is 9.82. The molecule has 20 heavy (non-hydrogen) atoms. The molecule has 1 aromatic carbocycles. The number of nitrogens with one attached hydrogen (secondary N) is 2. The third kappa shape index (κ3) is 2.81. The van der Waals surface area contributed by atoms with E-state index in [2.05, 4.69) is 26.1 Å². The van der Waals surface area contributed by atoms with Gasteiger partial charge in [-0.2, -0.15) is 13.5 Å². The molecule has 2 aromatic rings. The quantitative estimate of drug-likeness (QED) is 0.716. The van der Waals surface area contributed by atoms with Crippen LogP contribution in [-0.2, 0) is 16.6 Å². The molecule has 108 valence electrons. The van der Waals surface area contributed by atoms with Crippen LogP contribution in [0.2, 0.25) is 0 Å². The Morgan fingerprint density at radius 3 is 2.70 bits per heavy atom. The first-order valence-electron chi connectivity index (χ1n) is 5.25. The number of sulfonamides is 1. The average molecular weight is 367 g/mol. The average Bonchev–Trinajstić information content (AvgIpc) is 2.84. The Balaban J connectivity index is 2.41. The molecule has 4 N–H and O–H groups in total. The molecule has 0 aliphatic heterocycles. The van der Waals surface area contributed by atoms with Gasteiger partial charge < -0.3 is 5.73 Å². The Kier molecular flexibility index (Phi) is 4.06. The Hall–Kier alpha value is -1.52. The summed E-state index contributed by atoms with van der Waals surface area (Å²) in [6.45, 7) is -0.0532. The molecule has 1 heterocycles. The van der Waals surface area contributed by atoms with Crippen LogP contribution in [0.25, 0.3) is 0 Å². The zero-order valence-corrected chi connectivity index (χ0v) is 12.2. The van der Waals surface area contributed by atoms with E-state index in [1.165, 1.54) is 6.20 Å². The molecule has 0 saturated heterocycles. The van der Waals surface area contributed by atoms with Crippen LogP contribution in [0.5, 0.6) is 0 Å². The Bertz CT molecular complexity index is 748. The van der Waals surface area contributed by atoms with Gasteiger partial charge in [0.1, 0.15) is 11.6 Å². The maximum atomic E-state index is 13.5. The number of halogens is 3. The molecular weight excluding hydrogens is 358 g/mol. The van der Waals surface area contributed by atoms with Gasteiger partial charge in [0.25, 0.3) is 10.0 Å². The number of rotatable bonds is 4. The molecule has 6 nitrogen and oxygen atoms in total. The van der Waals surface area contributed by atoms with Gasteiger partial charge in [0.05, 0.1) is 16.4 Å². The summed E-state index contributed by atoms with van der Waals surface area (Å²) in [5, 5.41) is 5.58. The number of hydrogen-bond donors (Lipinski definition) is 3. The van der Waals surface area contributed by atoms with Crippen LogP contribution < -0.4 is 10.5 Å². The third-order valence-corrected chi connectivity index (χ3v) is 4.41. The van der Waals surface area contributed by atoms with Gasteiger partial charge in [-0.05, 0) is 22.0 Å². The second-order valence-corrected chi connectivity index (χ2v) is 6.25. The van der Waals surface area contributed by atoms with Gasteiger partial charge in [-0.1, -0.05) is 0 Å². The van der Waals surface area contributed by atoms with Gasteiger partial charge in [-0.3, -0.25) is 9.82 Å². The van der Waals surface area contributed by atoms with E-state index >= 15 is 0 Å². The molecule has 0 amide bonds. The molecule has 0 aliphatic carbocycles. The second-order valence-electron chi connectivity index (χ2n) is 3.78. The van der Waals surface area contributed by atoms with Crippen LogP contribution in [0.1, 0.15) is 5.56 Å². The minimum absolute atomic E-state index is 0.0532. The molecule has 0 fully saturated rings. The Morgan fingerprint density at radius 2 is 2.05 bits per heavy atom. The fourth-order valence-electron chi connectivity index (χ4n) is 1.47. The van der Waals surface area contributed by atoms with Gasteiger partial charge in [-0.15, -0.1) is 0 Å². The number of aromatic nitrogens is 2. The smallest absolute Gasteiger partial charge is 0.279 e. The van der Waals surface area contributed by atoms with Crippen LogP contribution in [0.4, 0.5) is 14.5 Å². The highest BCUT2D eigenvalue weighted by Crippen LogP contribution is 2.26. The fraction of sp³-hybridized carbons (Fsp3) is 0.100. The van der Waals surface area contributed by atoms with Crippen molar-refractivity contribution in [2.24, 2.45) is 5.73 Å². The van der Waals surface area contributed by atoms with Gasteiger partial charge in [0.15, 0.2) is 5.03 Å². The monoisotopic (exact) mass is 366 g/mol. The van der Waals surface area contributed by atoms with Crippen molar-refractivity contribution in [1.82, 2.24) is 10.2 Å². The van der Waals surface area contributed by atoms with Crippen molar-refractivity contribution in [3.05, 3.63) is 40.0 Å². The Labute approximate surface area is 121 Å². The number of nitrogens with zero attached hydrogens (tertiary/aromatic N) is 1. The molecule has 10 heteroatoms. The molecule has 1 aromatic heterocycles. The van der Waals surface area contributed by atoms with Gasteiger partial charge in [0.2, 0.25) is 0 Å². The topological polar surface area (TPSA) is 101 Å². The summed E-state index contributed by atoms with van der Waals surface area (Å²) >= 11 is 2.85.